The summed E-state index contributed by atoms with van der Waals surface area (Å²) in [6.07, 6.45) is 6.85. The van der Waals surface area contributed by atoms with E-state index < -0.39 is 6.04 Å². The lowest BCUT2D eigenvalue weighted by Gasteiger charge is -2.41. The highest BCUT2D eigenvalue weighted by atomic mass is 32.1. The summed E-state index contributed by atoms with van der Waals surface area (Å²) in [6, 6.07) is 17.0. The average molecular weight is 657 g/mol. The summed E-state index contributed by atoms with van der Waals surface area (Å²) in [5.74, 6) is -0.644. The van der Waals surface area contributed by atoms with Crippen LogP contribution in [-0.4, -0.2) is 101 Å². The number of nitrogens with zero attached hydrogens (tertiary/aromatic N) is 4. The minimum atomic E-state index is -0.936. The summed E-state index contributed by atoms with van der Waals surface area (Å²) in [5, 5.41) is 6.95. The highest BCUT2D eigenvalue weighted by Gasteiger charge is 2.36. The van der Waals surface area contributed by atoms with E-state index >= 15 is 0 Å². The number of carbonyl (C=O) groups is 4. The Labute approximate surface area is 280 Å². The number of anilines is 1. The van der Waals surface area contributed by atoms with Gasteiger partial charge in [0.05, 0.1) is 11.3 Å². The fourth-order valence-corrected chi connectivity index (χ4v) is 8.69. The number of hydrogen-bond acceptors (Lipinski definition) is 6. The minimum absolute atomic E-state index is 0.0266. The van der Waals surface area contributed by atoms with Gasteiger partial charge in [-0.1, -0.05) is 42.8 Å². The summed E-state index contributed by atoms with van der Waals surface area (Å²) in [4.78, 5) is 62.8. The first kappa shape index (κ1) is 31.6. The van der Waals surface area contributed by atoms with E-state index in [1.54, 1.807) is 4.90 Å². The lowest BCUT2D eigenvalue weighted by Crippen LogP contribution is -2.55. The van der Waals surface area contributed by atoms with Crippen LogP contribution >= 0.6 is 11.3 Å². The Balaban J connectivity index is 1.000. The number of hydrogen-bond donors (Lipinski definition) is 2. The number of thiophene rings is 1. The zero-order chi connectivity index (χ0) is 32.3. The number of piperidine rings is 3. The van der Waals surface area contributed by atoms with Crippen LogP contribution < -0.4 is 10.6 Å². The van der Waals surface area contributed by atoms with Gasteiger partial charge in [-0.15, -0.1) is 11.3 Å². The zero-order valence-electron chi connectivity index (χ0n) is 26.9. The second kappa shape index (κ2) is 14.0. The summed E-state index contributed by atoms with van der Waals surface area (Å²) in [7, 11) is 0. The Hall–Kier alpha value is -3.96. The molecule has 47 heavy (non-hydrogen) atoms. The second-order valence-electron chi connectivity index (χ2n) is 13.4. The number of para-hydroxylation sites is 1. The molecule has 4 aliphatic heterocycles. The van der Waals surface area contributed by atoms with Crippen LogP contribution in [0.3, 0.4) is 0 Å². The van der Waals surface area contributed by atoms with E-state index in [4.69, 9.17) is 0 Å². The number of nitrogens with one attached hydrogen (secondary N) is 2. The molecule has 10 nitrogen and oxygen atoms in total. The van der Waals surface area contributed by atoms with E-state index in [1.165, 1.54) is 30.6 Å². The maximum atomic E-state index is 14.0. The monoisotopic (exact) mass is 656 g/mol. The van der Waals surface area contributed by atoms with E-state index in [0.29, 0.717) is 56.5 Å². The molecule has 3 aromatic rings. The zero-order valence-corrected chi connectivity index (χ0v) is 27.7. The Kier molecular flexibility index (Phi) is 9.44. The van der Waals surface area contributed by atoms with Gasteiger partial charge in [-0.25, -0.2) is 4.79 Å². The van der Waals surface area contributed by atoms with E-state index in [9.17, 15) is 19.2 Å². The Morgan fingerprint density at radius 2 is 1.51 bits per heavy atom. The van der Waals surface area contributed by atoms with Crippen LogP contribution in [0.2, 0.25) is 0 Å². The van der Waals surface area contributed by atoms with Gasteiger partial charge in [0.2, 0.25) is 11.8 Å². The molecule has 7 rings (SSSR count). The predicted octanol–water partition coefficient (Wildman–Crippen LogP) is 4.91. The van der Waals surface area contributed by atoms with E-state index in [1.807, 2.05) is 64.4 Å². The van der Waals surface area contributed by atoms with Crippen LogP contribution in [0.1, 0.15) is 66.6 Å². The number of amides is 5. The van der Waals surface area contributed by atoms with Gasteiger partial charge in [0, 0.05) is 55.2 Å². The van der Waals surface area contributed by atoms with Gasteiger partial charge in [0.1, 0.15) is 6.04 Å². The summed E-state index contributed by atoms with van der Waals surface area (Å²) >= 11 is 1.39. The van der Waals surface area contributed by atoms with Gasteiger partial charge >= 0.3 is 6.03 Å². The highest BCUT2D eigenvalue weighted by molar-refractivity contribution is 7.20. The fourth-order valence-electron chi connectivity index (χ4n) is 7.73. The molecule has 1 aromatic heterocycles. The normalized spacial score (nSPS) is 20.5. The SMILES string of the molecule is O=C(N[C@@H](CC(=O)N1CCC(N2Cc3ccccc3NC2=O)CC1)C(=O)N1CCC(N2CCCCC2)CC1)c1cc2ccccc2s1. The van der Waals surface area contributed by atoms with E-state index in [2.05, 4.69) is 15.5 Å². The molecular weight excluding hydrogens is 613 g/mol. The molecule has 3 fully saturated rings. The molecule has 0 radical (unpaired) electrons. The number of fused-ring (bicyclic) bond motifs is 2. The van der Waals surface area contributed by atoms with Gasteiger partial charge in [0.25, 0.3) is 5.91 Å². The quantitative estimate of drug-likeness (QED) is 0.377. The first-order valence-electron chi connectivity index (χ1n) is 17.2. The molecule has 0 spiro atoms. The molecule has 2 aromatic carbocycles. The van der Waals surface area contributed by atoms with Crippen LogP contribution in [0.5, 0.6) is 0 Å². The Morgan fingerprint density at radius 1 is 0.830 bits per heavy atom. The van der Waals surface area contributed by atoms with Crippen LogP contribution in [0.4, 0.5) is 10.5 Å². The third-order valence-electron chi connectivity index (χ3n) is 10.4. The van der Waals surface area contributed by atoms with Crippen molar-refractivity contribution in [3.8, 4) is 0 Å². The van der Waals surface area contributed by atoms with Crippen molar-refractivity contribution >= 4 is 50.9 Å². The number of urea groups is 1. The lowest BCUT2D eigenvalue weighted by atomic mass is 9.98. The molecule has 11 heteroatoms. The number of carbonyl (C=O) groups excluding carboxylic acids is 4. The Bertz CT molecular complexity index is 1590. The number of benzene rings is 2. The molecule has 2 N–H and O–H groups in total. The van der Waals surface area contributed by atoms with Crippen molar-refractivity contribution in [1.82, 2.24) is 24.9 Å². The lowest BCUT2D eigenvalue weighted by molar-refractivity contribution is -0.140. The molecule has 5 heterocycles. The molecule has 248 valence electrons. The topological polar surface area (TPSA) is 105 Å². The Morgan fingerprint density at radius 3 is 2.28 bits per heavy atom. The van der Waals surface area contributed by atoms with Crippen molar-refractivity contribution in [1.29, 1.82) is 0 Å². The first-order chi connectivity index (χ1) is 22.9. The second-order valence-corrected chi connectivity index (χ2v) is 14.4. The standard InChI is InChI=1S/C36H44N6O4S/c43-33(40-18-14-28(15-19-40)42-24-26-9-2-4-10-29(26)38-36(42)46)23-30(37-34(44)32-22-25-8-3-5-11-31(25)47-32)35(45)41-20-12-27(13-21-41)39-16-6-1-7-17-39/h2-5,8-11,22,27-28,30H,1,6-7,12-21,23-24H2,(H,37,44)(H,38,46)/t30-/m0/s1. The molecule has 3 saturated heterocycles. The number of rotatable bonds is 7. The van der Waals surface area contributed by atoms with Crippen LogP contribution in [0.25, 0.3) is 10.1 Å². The average Bonchev–Trinajstić information content (AvgIpc) is 3.56. The van der Waals surface area contributed by atoms with Crippen molar-refractivity contribution in [2.45, 2.75) is 76.0 Å². The van der Waals surface area contributed by atoms with Gasteiger partial charge in [0.15, 0.2) is 0 Å². The summed E-state index contributed by atoms with van der Waals surface area (Å²) < 4.78 is 1.00. The molecule has 4 aliphatic rings. The first-order valence-corrected chi connectivity index (χ1v) is 18.0. The molecule has 0 bridgehead atoms. The predicted molar refractivity (Wildman–Crippen MR) is 183 cm³/mol. The van der Waals surface area contributed by atoms with Crippen molar-refractivity contribution in [3.05, 3.63) is 65.0 Å². The molecule has 1 atom stereocenters. The third kappa shape index (κ3) is 7.01. The maximum Gasteiger partial charge on any atom is 0.322 e. The summed E-state index contributed by atoms with van der Waals surface area (Å²) in [6.45, 7) is 5.09. The van der Waals surface area contributed by atoms with Crippen molar-refractivity contribution in [3.63, 3.8) is 0 Å². The molecule has 0 saturated carbocycles. The van der Waals surface area contributed by atoms with Gasteiger partial charge < -0.3 is 30.2 Å². The van der Waals surface area contributed by atoms with E-state index in [0.717, 1.165) is 47.3 Å². The van der Waals surface area contributed by atoms with E-state index in [-0.39, 0.29) is 36.2 Å². The van der Waals surface area contributed by atoms with Crippen LogP contribution in [-0.2, 0) is 16.1 Å². The van der Waals surface area contributed by atoms with Crippen molar-refractivity contribution in [2.75, 3.05) is 44.6 Å². The number of likely N-dealkylation sites (tertiary alicyclic amines) is 3. The smallest absolute Gasteiger partial charge is 0.322 e. The van der Waals surface area contributed by atoms with Crippen molar-refractivity contribution in [2.24, 2.45) is 0 Å². The fraction of sp³-hybridized carbons (Fsp3) is 0.500. The highest BCUT2D eigenvalue weighted by Crippen LogP contribution is 2.29. The van der Waals surface area contributed by atoms with Gasteiger partial charge in [-0.05, 0) is 80.8 Å². The molecule has 5 amide bonds. The van der Waals surface area contributed by atoms with Gasteiger partial charge in [-0.3, -0.25) is 14.4 Å². The van der Waals surface area contributed by atoms with Gasteiger partial charge in [-0.2, -0.15) is 0 Å². The minimum Gasteiger partial charge on any atom is -0.342 e. The molecular formula is C36H44N6O4S. The maximum absolute atomic E-state index is 14.0. The largest absolute Gasteiger partial charge is 0.342 e. The summed E-state index contributed by atoms with van der Waals surface area (Å²) in [5.41, 5.74) is 1.94. The molecule has 0 unspecified atom stereocenters. The third-order valence-corrected chi connectivity index (χ3v) is 11.5. The van der Waals surface area contributed by atoms with Crippen LogP contribution in [0.15, 0.2) is 54.6 Å². The van der Waals surface area contributed by atoms with Crippen molar-refractivity contribution < 1.29 is 19.2 Å². The molecule has 0 aliphatic carbocycles. The van der Waals surface area contributed by atoms with Crippen LogP contribution in [0, 0.1) is 0 Å².